The van der Waals surface area contributed by atoms with E-state index in [0.717, 1.165) is 5.56 Å². The van der Waals surface area contributed by atoms with Gasteiger partial charge in [0.15, 0.2) is 0 Å². The Balaban J connectivity index is 1.44. The molecule has 0 fully saturated rings. The minimum absolute atomic E-state index is 0.0573. The van der Waals surface area contributed by atoms with E-state index in [9.17, 15) is 14.4 Å². The number of amides is 3. The Labute approximate surface area is 169 Å². The number of nitrogens with one attached hydrogen (secondary N) is 1. The molecule has 6 heteroatoms. The Kier molecular flexibility index (Phi) is 6.19. The molecule has 0 saturated carbocycles. The average molecular weight is 397 g/mol. The molecule has 0 unspecified atom stereocenters. The molecule has 3 rings (SSSR count). The van der Waals surface area contributed by atoms with Crippen LogP contribution in [0.25, 0.3) is 0 Å². The van der Waals surface area contributed by atoms with Gasteiger partial charge < -0.3 is 5.32 Å². The number of hydrogen-bond acceptors (Lipinski definition) is 4. The van der Waals surface area contributed by atoms with Crippen molar-refractivity contribution in [1.29, 1.82) is 0 Å². The van der Waals surface area contributed by atoms with Crippen LogP contribution >= 0.6 is 11.8 Å². The Hall–Kier alpha value is -2.60. The maximum absolute atomic E-state index is 12.3. The molecule has 1 aliphatic heterocycles. The molecule has 2 aromatic rings. The molecule has 0 spiro atoms. The van der Waals surface area contributed by atoms with Crippen LogP contribution in [0, 0.1) is 13.8 Å². The lowest BCUT2D eigenvalue weighted by Crippen LogP contribution is -2.32. The van der Waals surface area contributed by atoms with Crippen molar-refractivity contribution in [3.8, 4) is 0 Å². The van der Waals surface area contributed by atoms with Gasteiger partial charge in [0.05, 0.1) is 22.9 Å². The quantitative estimate of drug-likeness (QED) is 0.575. The predicted molar refractivity (Wildman–Crippen MR) is 112 cm³/mol. The van der Waals surface area contributed by atoms with Gasteiger partial charge in [-0.2, -0.15) is 11.8 Å². The van der Waals surface area contributed by atoms with Crippen LogP contribution in [-0.2, 0) is 4.79 Å². The molecule has 1 N–H and O–H groups in total. The van der Waals surface area contributed by atoms with Crippen molar-refractivity contribution in [2.24, 2.45) is 0 Å². The first-order valence-corrected chi connectivity index (χ1v) is 10.4. The second-order valence-electron chi connectivity index (χ2n) is 6.99. The van der Waals surface area contributed by atoms with Crippen molar-refractivity contribution < 1.29 is 14.4 Å². The van der Waals surface area contributed by atoms with Crippen LogP contribution in [-0.4, -0.2) is 40.7 Å². The molecular weight excluding hydrogens is 372 g/mol. The Morgan fingerprint density at radius 1 is 1.04 bits per heavy atom. The smallest absolute Gasteiger partial charge is 0.261 e. The lowest BCUT2D eigenvalue weighted by Gasteiger charge is -2.16. The largest absolute Gasteiger partial charge is 0.349 e. The van der Waals surface area contributed by atoms with Crippen LogP contribution in [0.1, 0.15) is 50.4 Å². The molecule has 0 saturated heterocycles. The van der Waals surface area contributed by atoms with Crippen LogP contribution in [0.3, 0.4) is 0 Å². The summed E-state index contributed by atoms with van der Waals surface area (Å²) in [5, 5.41) is 3.00. The molecule has 2 aromatic carbocycles. The summed E-state index contributed by atoms with van der Waals surface area (Å²) in [5.74, 6) is 0.246. The summed E-state index contributed by atoms with van der Waals surface area (Å²) in [6, 6.07) is 13.0. The molecule has 146 valence electrons. The third-order valence-corrected chi connectivity index (χ3v) is 5.92. The van der Waals surface area contributed by atoms with Gasteiger partial charge in [0.1, 0.15) is 0 Å². The summed E-state index contributed by atoms with van der Waals surface area (Å²) in [6.07, 6.45) is 0. The van der Waals surface area contributed by atoms with Crippen molar-refractivity contribution in [2.45, 2.75) is 26.8 Å². The van der Waals surface area contributed by atoms with Gasteiger partial charge in [0.25, 0.3) is 11.8 Å². The van der Waals surface area contributed by atoms with E-state index in [1.54, 1.807) is 24.3 Å². The molecule has 0 radical (unpaired) electrons. The normalized spacial score (nSPS) is 14.2. The number of thioether (sulfide) groups is 1. The highest BCUT2D eigenvalue weighted by molar-refractivity contribution is 7.99. The van der Waals surface area contributed by atoms with E-state index >= 15 is 0 Å². The highest BCUT2D eigenvalue weighted by Crippen LogP contribution is 2.22. The fraction of sp³-hybridized carbons (Fsp3) is 0.318. The van der Waals surface area contributed by atoms with Crippen molar-refractivity contribution in [3.63, 3.8) is 0 Å². The number of rotatable bonds is 7. The predicted octanol–water partition coefficient (Wildman–Crippen LogP) is 3.51. The van der Waals surface area contributed by atoms with Gasteiger partial charge in [-0.25, -0.2) is 0 Å². The van der Waals surface area contributed by atoms with E-state index in [1.807, 2.05) is 13.0 Å². The fourth-order valence-corrected chi connectivity index (χ4v) is 3.89. The number of nitrogens with zero attached hydrogens (tertiary/aromatic N) is 1. The molecule has 5 nitrogen and oxygen atoms in total. The highest BCUT2D eigenvalue weighted by Gasteiger charge is 2.34. The second kappa shape index (κ2) is 8.61. The summed E-state index contributed by atoms with van der Waals surface area (Å²) >= 11 is 1.42. The lowest BCUT2D eigenvalue weighted by atomic mass is 10.0. The summed E-state index contributed by atoms with van der Waals surface area (Å²) in [6.45, 7) is 6.39. The number of fused-ring (bicyclic) bond motifs is 1. The van der Waals surface area contributed by atoms with Crippen molar-refractivity contribution >= 4 is 29.5 Å². The summed E-state index contributed by atoms with van der Waals surface area (Å²) in [5.41, 5.74) is 4.42. The van der Waals surface area contributed by atoms with Crippen molar-refractivity contribution in [1.82, 2.24) is 10.2 Å². The van der Waals surface area contributed by atoms with Crippen LogP contribution < -0.4 is 5.32 Å². The minimum atomic E-state index is -0.256. The van der Waals surface area contributed by atoms with Gasteiger partial charge in [-0.1, -0.05) is 30.3 Å². The molecule has 0 aliphatic carbocycles. The van der Waals surface area contributed by atoms with Crippen LogP contribution in [0.5, 0.6) is 0 Å². The van der Waals surface area contributed by atoms with E-state index in [0.29, 0.717) is 29.2 Å². The molecule has 1 aliphatic rings. The monoisotopic (exact) mass is 396 g/mol. The Bertz CT molecular complexity index is 891. The van der Waals surface area contributed by atoms with Gasteiger partial charge in [0, 0.05) is 12.3 Å². The molecular formula is C22H24N2O3S. The molecule has 0 aromatic heterocycles. The van der Waals surface area contributed by atoms with Gasteiger partial charge in [-0.3, -0.25) is 19.3 Å². The first-order valence-electron chi connectivity index (χ1n) is 9.28. The Morgan fingerprint density at radius 3 is 2.29 bits per heavy atom. The first-order chi connectivity index (χ1) is 13.4. The third kappa shape index (κ3) is 4.28. The zero-order valence-corrected chi connectivity index (χ0v) is 17.1. The lowest BCUT2D eigenvalue weighted by molar-refractivity contribution is -0.119. The number of hydrogen-bond donors (Lipinski definition) is 1. The Morgan fingerprint density at radius 2 is 1.68 bits per heavy atom. The van der Waals surface area contributed by atoms with E-state index in [2.05, 4.69) is 31.3 Å². The van der Waals surface area contributed by atoms with Crippen molar-refractivity contribution in [2.75, 3.05) is 18.1 Å². The summed E-state index contributed by atoms with van der Waals surface area (Å²) in [7, 11) is 0. The fourth-order valence-electron chi connectivity index (χ4n) is 3.16. The van der Waals surface area contributed by atoms with E-state index in [1.165, 1.54) is 27.8 Å². The zero-order chi connectivity index (χ0) is 20.3. The standard InChI is InChI=1S/C22H24N2O3S/c1-14-8-9-17(12-15(14)2)16(3)23-20(25)13-28-11-10-24-21(26)18-6-4-5-7-19(18)22(24)27/h4-9,12,16H,10-11,13H2,1-3H3,(H,23,25)/t16-/m0/s1. The number of imide groups is 1. The minimum Gasteiger partial charge on any atom is -0.349 e. The topological polar surface area (TPSA) is 66.5 Å². The molecule has 3 amide bonds. The number of benzene rings is 2. The average Bonchev–Trinajstić information content (AvgIpc) is 2.92. The van der Waals surface area contributed by atoms with Gasteiger partial charge in [-0.15, -0.1) is 0 Å². The van der Waals surface area contributed by atoms with Gasteiger partial charge in [-0.05, 0) is 49.6 Å². The first kappa shape index (κ1) is 20.1. The van der Waals surface area contributed by atoms with Crippen LogP contribution in [0.15, 0.2) is 42.5 Å². The summed E-state index contributed by atoms with van der Waals surface area (Å²) < 4.78 is 0. The molecule has 1 atom stereocenters. The number of carbonyl (C=O) groups excluding carboxylic acids is 3. The molecule has 1 heterocycles. The van der Waals surface area contributed by atoms with E-state index in [-0.39, 0.29) is 23.8 Å². The maximum Gasteiger partial charge on any atom is 0.261 e. The van der Waals surface area contributed by atoms with E-state index in [4.69, 9.17) is 0 Å². The maximum atomic E-state index is 12.3. The van der Waals surface area contributed by atoms with Crippen molar-refractivity contribution in [3.05, 3.63) is 70.3 Å². The highest BCUT2D eigenvalue weighted by atomic mass is 32.2. The van der Waals surface area contributed by atoms with Crippen LogP contribution in [0.4, 0.5) is 0 Å². The third-order valence-electron chi connectivity index (χ3n) is 4.98. The number of carbonyl (C=O) groups is 3. The van der Waals surface area contributed by atoms with E-state index < -0.39 is 0 Å². The zero-order valence-electron chi connectivity index (χ0n) is 16.3. The molecule has 0 bridgehead atoms. The molecule has 28 heavy (non-hydrogen) atoms. The second-order valence-corrected chi connectivity index (χ2v) is 8.10. The van der Waals surface area contributed by atoms with Gasteiger partial charge in [0.2, 0.25) is 5.91 Å². The number of aryl methyl sites for hydroxylation is 2. The van der Waals surface area contributed by atoms with Crippen LogP contribution in [0.2, 0.25) is 0 Å². The summed E-state index contributed by atoms with van der Waals surface area (Å²) in [4.78, 5) is 38.1. The van der Waals surface area contributed by atoms with Gasteiger partial charge >= 0.3 is 0 Å². The SMILES string of the molecule is Cc1ccc([C@H](C)NC(=O)CSCCN2C(=O)c3ccccc3C2=O)cc1C.